The molecular weight excluding hydrogens is 256 g/mol. The van der Waals surface area contributed by atoms with Crippen LogP contribution >= 0.6 is 0 Å². The smallest absolute Gasteiger partial charge is 0.218 e. The van der Waals surface area contributed by atoms with Crippen LogP contribution in [0.15, 0.2) is 48.5 Å². The fraction of sp³-hybridized carbons (Fsp3) is 0.250. The van der Waals surface area contributed by atoms with Crippen molar-refractivity contribution in [3.05, 3.63) is 59.7 Å². The van der Waals surface area contributed by atoms with Gasteiger partial charge in [0.1, 0.15) is 11.5 Å². The highest BCUT2D eigenvalue weighted by Gasteiger charge is 2.11. The van der Waals surface area contributed by atoms with Crippen molar-refractivity contribution >= 4 is 0 Å². The van der Waals surface area contributed by atoms with Crippen molar-refractivity contribution in [1.29, 1.82) is 0 Å². The quantitative estimate of drug-likeness (QED) is 0.758. The molecule has 0 spiro atoms. The van der Waals surface area contributed by atoms with Crippen LogP contribution in [0, 0.1) is 0 Å². The van der Waals surface area contributed by atoms with E-state index >= 15 is 0 Å². The van der Waals surface area contributed by atoms with Gasteiger partial charge in [-0.25, -0.2) is 0 Å². The molecule has 1 radical (unpaired) electrons. The number of benzene rings is 2. The SMILES string of the molecule is COc1cccc(COC([O])c2cccc(OC)c2)c1. The van der Waals surface area contributed by atoms with Gasteiger partial charge >= 0.3 is 0 Å². The Morgan fingerprint density at radius 1 is 0.950 bits per heavy atom. The third kappa shape index (κ3) is 3.73. The Morgan fingerprint density at radius 2 is 1.60 bits per heavy atom. The van der Waals surface area contributed by atoms with Gasteiger partial charge in [-0.15, -0.1) is 0 Å². The van der Waals surface area contributed by atoms with Gasteiger partial charge in [-0.1, -0.05) is 24.3 Å². The first-order valence-corrected chi connectivity index (χ1v) is 6.27. The van der Waals surface area contributed by atoms with Crippen LogP contribution in [0.4, 0.5) is 0 Å². The molecule has 2 rings (SSSR count). The van der Waals surface area contributed by atoms with Crippen LogP contribution in [0.25, 0.3) is 0 Å². The fourth-order valence-corrected chi connectivity index (χ4v) is 1.82. The van der Waals surface area contributed by atoms with Crippen LogP contribution in [0.1, 0.15) is 17.4 Å². The minimum Gasteiger partial charge on any atom is -0.497 e. The summed E-state index contributed by atoms with van der Waals surface area (Å²) in [4.78, 5) is 0. The van der Waals surface area contributed by atoms with E-state index < -0.39 is 6.29 Å². The van der Waals surface area contributed by atoms with E-state index in [4.69, 9.17) is 14.2 Å². The van der Waals surface area contributed by atoms with E-state index in [2.05, 4.69) is 0 Å². The van der Waals surface area contributed by atoms with Crippen molar-refractivity contribution in [2.45, 2.75) is 12.9 Å². The van der Waals surface area contributed by atoms with E-state index in [0.29, 0.717) is 11.3 Å². The molecule has 0 aliphatic rings. The zero-order valence-corrected chi connectivity index (χ0v) is 11.5. The first-order valence-electron chi connectivity index (χ1n) is 6.27. The minimum atomic E-state index is -1.24. The van der Waals surface area contributed by atoms with Gasteiger partial charge < -0.3 is 14.2 Å². The molecule has 105 valence electrons. The van der Waals surface area contributed by atoms with Crippen LogP contribution in [0.5, 0.6) is 11.5 Å². The molecule has 0 aliphatic carbocycles. The topological polar surface area (TPSA) is 47.6 Å². The molecule has 0 saturated heterocycles. The number of methoxy groups -OCH3 is 2. The second-order valence-electron chi connectivity index (χ2n) is 4.27. The minimum absolute atomic E-state index is 0.239. The molecular formula is C16H17O4. The summed E-state index contributed by atoms with van der Waals surface area (Å²) in [5, 5.41) is 12.0. The maximum Gasteiger partial charge on any atom is 0.218 e. The van der Waals surface area contributed by atoms with Crippen LogP contribution < -0.4 is 9.47 Å². The van der Waals surface area contributed by atoms with Crippen molar-refractivity contribution in [3.63, 3.8) is 0 Å². The van der Waals surface area contributed by atoms with Crippen molar-refractivity contribution < 1.29 is 19.3 Å². The summed E-state index contributed by atoms with van der Waals surface area (Å²) in [7, 11) is 3.17. The summed E-state index contributed by atoms with van der Waals surface area (Å²) in [6, 6.07) is 14.4. The van der Waals surface area contributed by atoms with Crippen LogP contribution in [0.3, 0.4) is 0 Å². The standard InChI is InChI=1S/C16H17O4/c1-18-14-7-3-5-12(9-14)11-20-16(17)13-6-4-8-15(10-13)19-2/h3-10,16H,11H2,1-2H3. The van der Waals surface area contributed by atoms with Gasteiger partial charge in [0.25, 0.3) is 0 Å². The van der Waals surface area contributed by atoms with Crippen molar-refractivity contribution in [1.82, 2.24) is 0 Å². The molecule has 1 atom stereocenters. The molecule has 1 unspecified atom stereocenters. The number of rotatable bonds is 6. The number of ether oxygens (including phenoxy) is 3. The molecule has 20 heavy (non-hydrogen) atoms. The third-order valence-electron chi connectivity index (χ3n) is 2.90. The maximum absolute atomic E-state index is 12.0. The molecule has 2 aromatic carbocycles. The zero-order chi connectivity index (χ0) is 14.4. The lowest BCUT2D eigenvalue weighted by Gasteiger charge is -2.12. The van der Waals surface area contributed by atoms with E-state index in [1.807, 2.05) is 24.3 Å². The van der Waals surface area contributed by atoms with Gasteiger partial charge in [0, 0.05) is 5.56 Å². The lowest BCUT2D eigenvalue weighted by molar-refractivity contribution is -0.152. The van der Waals surface area contributed by atoms with Crippen LogP contribution in [-0.4, -0.2) is 14.2 Å². The fourth-order valence-electron chi connectivity index (χ4n) is 1.82. The predicted molar refractivity (Wildman–Crippen MR) is 74.2 cm³/mol. The second kappa shape index (κ2) is 6.93. The molecule has 2 aromatic rings. The Kier molecular flexibility index (Phi) is 4.98. The first kappa shape index (κ1) is 14.4. The van der Waals surface area contributed by atoms with Crippen molar-refractivity contribution in [2.24, 2.45) is 0 Å². The van der Waals surface area contributed by atoms with E-state index in [9.17, 15) is 5.11 Å². The average molecular weight is 273 g/mol. The normalized spacial score (nSPS) is 11.9. The largest absolute Gasteiger partial charge is 0.497 e. The Morgan fingerprint density at radius 3 is 2.30 bits per heavy atom. The molecule has 0 fully saturated rings. The average Bonchev–Trinajstić information content (AvgIpc) is 2.52. The summed E-state index contributed by atoms with van der Waals surface area (Å²) >= 11 is 0. The van der Waals surface area contributed by atoms with Gasteiger partial charge in [0.15, 0.2) is 0 Å². The summed E-state index contributed by atoms with van der Waals surface area (Å²) in [6.07, 6.45) is -1.24. The lowest BCUT2D eigenvalue weighted by atomic mass is 10.2. The molecule has 4 heteroatoms. The van der Waals surface area contributed by atoms with Crippen LogP contribution in [-0.2, 0) is 16.5 Å². The third-order valence-corrected chi connectivity index (χ3v) is 2.90. The van der Waals surface area contributed by atoms with Gasteiger partial charge in [0.2, 0.25) is 6.29 Å². The molecule has 0 amide bonds. The lowest BCUT2D eigenvalue weighted by Crippen LogP contribution is -2.02. The van der Waals surface area contributed by atoms with Gasteiger partial charge in [-0.2, -0.15) is 5.11 Å². The first-order chi connectivity index (χ1) is 9.72. The Labute approximate surface area is 118 Å². The van der Waals surface area contributed by atoms with E-state index in [1.165, 1.54) is 0 Å². The van der Waals surface area contributed by atoms with Gasteiger partial charge in [0.05, 0.1) is 20.8 Å². The highest BCUT2D eigenvalue weighted by Crippen LogP contribution is 2.22. The van der Waals surface area contributed by atoms with Gasteiger partial charge in [-0.3, -0.25) is 0 Å². The summed E-state index contributed by atoms with van der Waals surface area (Å²) in [6.45, 7) is 0.239. The summed E-state index contributed by atoms with van der Waals surface area (Å²) < 4.78 is 15.6. The molecule has 0 aromatic heterocycles. The molecule has 0 saturated carbocycles. The molecule has 0 N–H and O–H groups in total. The monoisotopic (exact) mass is 273 g/mol. The highest BCUT2D eigenvalue weighted by atomic mass is 16.6. The predicted octanol–water partition coefficient (Wildman–Crippen LogP) is 3.35. The summed E-state index contributed by atoms with van der Waals surface area (Å²) in [5.41, 5.74) is 1.44. The van der Waals surface area contributed by atoms with Crippen molar-refractivity contribution in [2.75, 3.05) is 14.2 Å². The molecule has 4 nitrogen and oxygen atoms in total. The van der Waals surface area contributed by atoms with E-state index in [-0.39, 0.29) is 6.61 Å². The van der Waals surface area contributed by atoms with Crippen LogP contribution in [0.2, 0.25) is 0 Å². The number of hydrogen-bond donors (Lipinski definition) is 0. The number of hydrogen-bond acceptors (Lipinski definition) is 3. The molecule has 0 bridgehead atoms. The Bertz CT molecular complexity index is 554. The summed E-state index contributed by atoms with van der Waals surface area (Å²) in [5.74, 6) is 1.39. The Hall–Kier alpha value is -2.04. The second-order valence-corrected chi connectivity index (χ2v) is 4.27. The maximum atomic E-state index is 12.0. The molecule has 0 aliphatic heterocycles. The zero-order valence-electron chi connectivity index (χ0n) is 11.5. The highest BCUT2D eigenvalue weighted by molar-refractivity contribution is 5.30. The van der Waals surface area contributed by atoms with Gasteiger partial charge in [-0.05, 0) is 29.8 Å². The van der Waals surface area contributed by atoms with E-state index in [0.717, 1.165) is 11.3 Å². The molecule has 0 heterocycles. The Balaban J connectivity index is 1.98. The van der Waals surface area contributed by atoms with Crippen molar-refractivity contribution in [3.8, 4) is 11.5 Å². The van der Waals surface area contributed by atoms with E-state index in [1.54, 1.807) is 38.5 Å².